The number of carboxylic acid groups (broad SMARTS) is 1. The number of halogens is 1. The SMILES string of the molecule is Cc1cccc([C@H]2C3=CC[C@@H]4C(=O)N(CCCCCC(=O)O)C(=O)[C@@H]4[C@@H]3C[C@H]3C(=O)N(c4cc(-c5sc6ccc(Cl)cc6c5C)nn4C)C(=O)[C@@]23C)c1O. The van der Waals surface area contributed by atoms with E-state index in [1.165, 1.54) is 9.80 Å². The first kappa shape index (κ1) is 36.2. The Hall–Kier alpha value is -4.81. The van der Waals surface area contributed by atoms with Crippen LogP contribution in [0.25, 0.3) is 20.7 Å². The van der Waals surface area contributed by atoms with Crippen LogP contribution in [0, 0.1) is 42.9 Å². The monoisotopic (exact) mass is 768 g/mol. The minimum Gasteiger partial charge on any atom is -0.507 e. The molecule has 2 N–H and O–H groups in total. The lowest BCUT2D eigenvalue weighted by Gasteiger charge is -2.49. The fraction of sp³-hybridized carbons (Fsp3) is 0.415. The lowest BCUT2D eigenvalue weighted by molar-refractivity contribution is -0.141. The van der Waals surface area contributed by atoms with Crippen LogP contribution in [0.1, 0.15) is 68.1 Å². The van der Waals surface area contributed by atoms with Crippen LogP contribution < -0.4 is 4.90 Å². The number of carbonyl (C=O) groups excluding carboxylic acids is 4. The van der Waals surface area contributed by atoms with Crippen molar-refractivity contribution < 1.29 is 34.2 Å². The normalized spacial score (nSPS) is 26.4. The number of phenols is 1. The molecule has 2 aromatic carbocycles. The number of likely N-dealkylation sites (tertiary alicyclic amines) is 1. The first-order valence-electron chi connectivity index (χ1n) is 18.4. The highest BCUT2D eigenvalue weighted by molar-refractivity contribution is 7.22. The Morgan fingerprint density at radius 1 is 1.02 bits per heavy atom. The Morgan fingerprint density at radius 2 is 1.80 bits per heavy atom. The van der Waals surface area contributed by atoms with Crippen LogP contribution in [0.15, 0.2) is 54.1 Å². The van der Waals surface area contributed by atoms with Crippen molar-refractivity contribution in [3.8, 4) is 16.3 Å². The van der Waals surface area contributed by atoms with Crippen LogP contribution in [-0.4, -0.2) is 61.0 Å². The van der Waals surface area contributed by atoms with E-state index in [1.54, 1.807) is 55.1 Å². The number of phenolic OH excluding ortho intramolecular Hbond substituents is 1. The number of unbranched alkanes of at least 4 members (excludes halogenated alkanes) is 2. The van der Waals surface area contributed by atoms with E-state index in [0.717, 1.165) is 26.1 Å². The summed E-state index contributed by atoms with van der Waals surface area (Å²) in [6.07, 6.45) is 4.02. The number of anilines is 1. The summed E-state index contributed by atoms with van der Waals surface area (Å²) in [5.41, 5.74) is 2.23. The molecule has 2 aliphatic carbocycles. The number of imide groups is 2. The number of aliphatic carboxylic acids is 1. The molecule has 0 unspecified atom stereocenters. The van der Waals surface area contributed by atoms with Gasteiger partial charge in [0.1, 0.15) is 17.3 Å². The number of carbonyl (C=O) groups is 5. The van der Waals surface area contributed by atoms with E-state index in [-0.39, 0.29) is 37.0 Å². The topological polar surface area (TPSA) is 150 Å². The highest BCUT2D eigenvalue weighted by Gasteiger charge is 2.68. The zero-order valence-electron chi connectivity index (χ0n) is 30.5. The molecule has 0 bridgehead atoms. The maximum Gasteiger partial charge on any atom is 0.303 e. The molecule has 11 nitrogen and oxygen atoms in total. The van der Waals surface area contributed by atoms with Crippen LogP contribution in [0.3, 0.4) is 0 Å². The Labute approximate surface area is 321 Å². The Morgan fingerprint density at radius 3 is 2.56 bits per heavy atom. The minimum atomic E-state index is -1.32. The summed E-state index contributed by atoms with van der Waals surface area (Å²) < 4.78 is 2.59. The molecule has 3 fully saturated rings. The summed E-state index contributed by atoms with van der Waals surface area (Å²) in [6, 6.07) is 12.9. The van der Waals surface area contributed by atoms with Crippen molar-refractivity contribution >= 4 is 68.4 Å². The number of aryl methyl sites for hydroxylation is 3. The zero-order valence-corrected chi connectivity index (χ0v) is 32.0. The molecule has 4 aromatic rings. The molecule has 0 radical (unpaired) electrons. The second-order valence-electron chi connectivity index (χ2n) is 15.4. The van der Waals surface area contributed by atoms with Crippen molar-refractivity contribution in [2.75, 3.05) is 11.4 Å². The molecule has 2 saturated heterocycles. The number of para-hydroxylation sites is 1. The maximum absolute atomic E-state index is 15.1. The van der Waals surface area contributed by atoms with E-state index < -0.39 is 52.8 Å². The van der Waals surface area contributed by atoms with Crippen molar-refractivity contribution in [3.05, 3.63) is 75.8 Å². The van der Waals surface area contributed by atoms with Crippen LogP contribution in [0.2, 0.25) is 5.02 Å². The number of rotatable bonds is 9. The van der Waals surface area contributed by atoms with Crippen LogP contribution >= 0.6 is 22.9 Å². The Balaban J connectivity index is 1.18. The van der Waals surface area contributed by atoms with Gasteiger partial charge in [-0.15, -0.1) is 11.3 Å². The number of fused-ring (bicyclic) bond motifs is 5. The number of nitrogens with zero attached hydrogens (tertiary/aromatic N) is 4. The molecular formula is C41H41ClN4O7S. The number of benzene rings is 2. The predicted molar refractivity (Wildman–Crippen MR) is 204 cm³/mol. The summed E-state index contributed by atoms with van der Waals surface area (Å²) >= 11 is 7.86. The number of aromatic hydroxyl groups is 1. The largest absolute Gasteiger partial charge is 0.507 e. The Bertz CT molecular complexity index is 2330. The third kappa shape index (κ3) is 5.35. The lowest BCUT2D eigenvalue weighted by Crippen LogP contribution is -2.49. The van der Waals surface area contributed by atoms with E-state index >= 15 is 4.79 Å². The van der Waals surface area contributed by atoms with E-state index in [1.807, 2.05) is 37.3 Å². The third-order valence-electron chi connectivity index (χ3n) is 12.4. The van der Waals surface area contributed by atoms with Gasteiger partial charge in [-0.05, 0) is 87.1 Å². The average Bonchev–Trinajstić information content (AvgIpc) is 3.80. The van der Waals surface area contributed by atoms with Gasteiger partial charge in [0.05, 0.1) is 28.0 Å². The molecule has 2 aromatic heterocycles. The summed E-state index contributed by atoms with van der Waals surface area (Å²) in [6.45, 7) is 5.79. The van der Waals surface area contributed by atoms with Gasteiger partial charge in [0.25, 0.3) is 0 Å². The highest BCUT2D eigenvalue weighted by Crippen LogP contribution is 2.64. The molecule has 0 spiro atoms. The number of hydrogen-bond acceptors (Lipinski definition) is 8. The molecule has 2 aliphatic heterocycles. The first-order valence-corrected chi connectivity index (χ1v) is 19.6. The first-order chi connectivity index (χ1) is 25.7. The van der Waals surface area contributed by atoms with Gasteiger partial charge in [-0.25, -0.2) is 4.90 Å². The van der Waals surface area contributed by atoms with Crippen LogP contribution in [0.4, 0.5) is 5.82 Å². The smallest absolute Gasteiger partial charge is 0.303 e. The summed E-state index contributed by atoms with van der Waals surface area (Å²) in [7, 11) is 1.71. The fourth-order valence-corrected chi connectivity index (χ4v) is 11.0. The van der Waals surface area contributed by atoms with Gasteiger partial charge < -0.3 is 10.2 Å². The molecule has 4 amide bonds. The van der Waals surface area contributed by atoms with Crippen molar-refractivity contribution in [2.45, 2.75) is 65.2 Å². The van der Waals surface area contributed by atoms with Gasteiger partial charge in [-0.1, -0.05) is 47.9 Å². The molecule has 6 atom stereocenters. The fourth-order valence-electron chi connectivity index (χ4n) is 9.72. The molecule has 1 saturated carbocycles. The van der Waals surface area contributed by atoms with E-state index in [4.69, 9.17) is 21.8 Å². The quantitative estimate of drug-likeness (QED) is 0.104. The van der Waals surface area contributed by atoms with Gasteiger partial charge in [-0.3, -0.25) is 33.6 Å². The molecule has 8 rings (SSSR count). The van der Waals surface area contributed by atoms with E-state index in [9.17, 15) is 24.3 Å². The van der Waals surface area contributed by atoms with Crippen LogP contribution in [0.5, 0.6) is 5.75 Å². The highest BCUT2D eigenvalue weighted by atomic mass is 35.5. The molecule has 4 aliphatic rings. The number of allylic oxidation sites excluding steroid dienone is 2. The summed E-state index contributed by atoms with van der Waals surface area (Å²) in [5, 5.41) is 27.0. The van der Waals surface area contributed by atoms with Crippen molar-refractivity contribution in [1.82, 2.24) is 14.7 Å². The number of aromatic nitrogens is 2. The number of amides is 4. The number of hydrogen-bond donors (Lipinski definition) is 2. The van der Waals surface area contributed by atoms with E-state index in [2.05, 4.69) is 0 Å². The van der Waals surface area contributed by atoms with E-state index in [0.29, 0.717) is 53.3 Å². The third-order valence-corrected chi connectivity index (χ3v) is 14.0. The molecule has 280 valence electrons. The van der Waals surface area contributed by atoms with Gasteiger partial charge in [0, 0.05) is 47.3 Å². The Kier molecular flexibility index (Phi) is 8.84. The molecule has 54 heavy (non-hydrogen) atoms. The van der Waals surface area contributed by atoms with Gasteiger partial charge >= 0.3 is 5.97 Å². The standard InChI is InChI=1S/C41H41ClN4O7S/c1-20-9-8-10-25(35(20)49)34-23-13-14-24-33(39(52)45(37(24)50)16-7-5-6-11-32(47)48)27(23)18-28-38(51)46(40(53)41(28,34)3)31-19-29(43-44(31)4)36-21(2)26-17-22(42)12-15-30(26)54-36/h8-10,12-13,15,17,19,24,27-28,33-34,49H,5-7,11,14,16,18H2,1-4H3,(H,47,48)/t24-,27+,28-,33-,34+,41+/m0/s1. The van der Waals surface area contributed by atoms with Crippen molar-refractivity contribution in [1.29, 1.82) is 0 Å². The second kappa shape index (κ2) is 13.2. The minimum absolute atomic E-state index is 0.0276. The summed E-state index contributed by atoms with van der Waals surface area (Å²) in [4.78, 5) is 72.2. The van der Waals surface area contributed by atoms with Gasteiger partial charge in [-0.2, -0.15) is 5.10 Å². The summed E-state index contributed by atoms with van der Waals surface area (Å²) in [5.74, 6) is -5.27. The van der Waals surface area contributed by atoms with Gasteiger partial charge in [0.2, 0.25) is 23.6 Å². The number of thiophene rings is 1. The number of carboxylic acids is 1. The average molecular weight is 769 g/mol. The zero-order chi connectivity index (χ0) is 38.4. The lowest BCUT2D eigenvalue weighted by atomic mass is 9.51. The van der Waals surface area contributed by atoms with Gasteiger partial charge in [0.15, 0.2) is 0 Å². The van der Waals surface area contributed by atoms with Crippen molar-refractivity contribution in [3.63, 3.8) is 0 Å². The molecule has 4 heterocycles. The van der Waals surface area contributed by atoms with Crippen LogP contribution in [-0.2, 0) is 31.0 Å². The molecule has 13 heteroatoms. The predicted octanol–water partition coefficient (Wildman–Crippen LogP) is 7.15. The molecular weight excluding hydrogens is 728 g/mol. The maximum atomic E-state index is 15.1. The van der Waals surface area contributed by atoms with Crippen molar-refractivity contribution in [2.24, 2.45) is 36.1 Å². The second-order valence-corrected chi connectivity index (χ2v) is 16.9.